The van der Waals surface area contributed by atoms with Crippen LogP contribution in [-0.2, 0) is 4.79 Å². The predicted octanol–water partition coefficient (Wildman–Crippen LogP) is 0.497. The van der Waals surface area contributed by atoms with Crippen molar-refractivity contribution in [1.29, 1.82) is 0 Å². The molecule has 1 rings (SSSR count). The third-order valence-electron chi connectivity index (χ3n) is 2.63. The number of carbonyl (C=O) groups is 2. The van der Waals surface area contributed by atoms with E-state index in [1.54, 1.807) is 19.1 Å². The van der Waals surface area contributed by atoms with Crippen LogP contribution in [0.25, 0.3) is 0 Å². The third kappa shape index (κ3) is 3.70. The maximum Gasteiger partial charge on any atom is 0.248 e. The molecule has 0 radical (unpaired) electrons. The van der Waals surface area contributed by atoms with Gasteiger partial charge in [0, 0.05) is 11.3 Å². The normalized spacial score (nSPS) is 12.8. The van der Waals surface area contributed by atoms with Gasteiger partial charge in [0.2, 0.25) is 11.8 Å². The molecule has 0 fully saturated rings. The fourth-order valence-corrected chi connectivity index (χ4v) is 1.55. The lowest BCUT2D eigenvalue weighted by molar-refractivity contribution is -0.118. The Bertz CT molecular complexity index is 496. The summed E-state index contributed by atoms with van der Waals surface area (Å²) in [6.07, 6.45) is 0.404. The lowest BCUT2D eigenvalue weighted by atomic mass is 10.0. The van der Waals surface area contributed by atoms with Crippen molar-refractivity contribution >= 4 is 23.3 Å². The Kier molecular flexibility index (Phi) is 4.87. The number of nitrogens with two attached hydrogens (primary N) is 2. The second-order valence-electron chi connectivity index (χ2n) is 3.92. The maximum atomic E-state index is 11.9. The van der Waals surface area contributed by atoms with E-state index in [-0.39, 0.29) is 11.7 Å². The van der Waals surface area contributed by atoms with Gasteiger partial charge in [-0.05, 0) is 30.7 Å². The number of hydrogen-bond acceptors (Lipinski definition) is 4. The number of oxime groups is 1. The lowest BCUT2D eigenvalue weighted by Crippen LogP contribution is -2.34. The molecule has 0 aromatic heterocycles. The Balaban J connectivity index is 2.78. The van der Waals surface area contributed by atoms with Gasteiger partial charge in [-0.2, -0.15) is 0 Å². The number of rotatable bonds is 5. The minimum atomic E-state index is -0.708. The van der Waals surface area contributed by atoms with Crippen LogP contribution in [0.15, 0.2) is 29.4 Å². The van der Waals surface area contributed by atoms with E-state index in [2.05, 4.69) is 10.5 Å². The quantitative estimate of drug-likeness (QED) is 0.267. The second kappa shape index (κ2) is 6.39. The van der Waals surface area contributed by atoms with Crippen molar-refractivity contribution in [3.05, 3.63) is 29.8 Å². The zero-order chi connectivity index (χ0) is 14.4. The molecule has 0 aliphatic rings. The van der Waals surface area contributed by atoms with Crippen LogP contribution in [-0.4, -0.2) is 22.9 Å². The number of anilines is 1. The highest BCUT2D eigenvalue weighted by Gasteiger charge is 2.21. The molecular weight excluding hydrogens is 248 g/mol. The molecule has 7 heteroatoms. The monoisotopic (exact) mass is 264 g/mol. The van der Waals surface area contributed by atoms with Crippen LogP contribution in [0.1, 0.15) is 23.7 Å². The Morgan fingerprint density at radius 3 is 2.32 bits per heavy atom. The Labute approximate surface area is 110 Å². The van der Waals surface area contributed by atoms with Crippen LogP contribution in [0.3, 0.4) is 0 Å². The van der Waals surface area contributed by atoms with Gasteiger partial charge in [-0.3, -0.25) is 9.59 Å². The summed E-state index contributed by atoms with van der Waals surface area (Å²) in [5.74, 6) is -1.78. The van der Waals surface area contributed by atoms with Gasteiger partial charge in [0.15, 0.2) is 5.84 Å². The molecule has 0 saturated carbocycles. The highest BCUT2D eigenvalue weighted by Crippen LogP contribution is 2.12. The Hall–Kier alpha value is -2.57. The van der Waals surface area contributed by atoms with Gasteiger partial charge in [-0.25, -0.2) is 0 Å². The van der Waals surface area contributed by atoms with Crippen LogP contribution in [0.2, 0.25) is 0 Å². The number of benzene rings is 1. The van der Waals surface area contributed by atoms with Crippen molar-refractivity contribution < 1.29 is 14.8 Å². The molecule has 0 spiro atoms. The van der Waals surface area contributed by atoms with Gasteiger partial charge < -0.3 is 22.0 Å². The summed E-state index contributed by atoms with van der Waals surface area (Å²) >= 11 is 0. The molecule has 7 nitrogen and oxygen atoms in total. The van der Waals surface area contributed by atoms with Gasteiger partial charge in [0.1, 0.15) is 0 Å². The summed E-state index contributed by atoms with van der Waals surface area (Å²) in [4.78, 5) is 22.8. The molecule has 1 aromatic carbocycles. The lowest BCUT2D eigenvalue weighted by Gasteiger charge is -2.13. The van der Waals surface area contributed by atoms with Crippen molar-refractivity contribution in [1.82, 2.24) is 0 Å². The van der Waals surface area contributed by atoms with Gasteiger partial charge in [0.25, 0.3) is 0 Å². The number of amidine groups is 1. The van der Waals surface area contributed by atoms with Crippen molar-refractivity contribution in [2.75, 3.05) is 5.32 Å². The number of carbonyl (C=O) groups excluding carboxylic acids is 2. The first-order valence-electron chi connectivity index (χ1n) is 5.67. The molecule has 2 amide bonds. The highest BCUT2D eigenvalue weighted by molar-refractivity contribution is 6.07. The summed E-state index contributed by atoms with van der Waals surface area (Å²) in [7, 11) is 0. The van der Waals surface area contributed by atoms with Crippen molar-refractivity contribution in [2.24, 2.45) is 22.5 Å². The topological polar surface area (TPSA) is 131 Å². The first kappa shape index (κ1) is 14.5. The molecular formula is C12H16N4O3. The van der Waals surface area contributed by atoms with E-state index in [0.29, 0.717) is 17.7 Å². The van der Waals surface area contributed by atoms with Crippen LogP contribution < -0.4 is 16.8 Å². The number of amides is 2. The average molecular weight is 264 g/mol. The summed E-state index contributed by atoms with van der Waals surface area (Å²) in [5.41, 5.74) is 11.4. The molecule has 19 heavy (non-hydrogen) atoms. The van der Waals surface area contributed by atoms with E-state index in [4.69, 9.17) is 16.7 Å². The zero-order valence-electron chi connectivity index (χ0n) is 10.5. The fraction of sp³-hybridized carbons (Fsp3) is 0.250. The third-order valence-corrected chi connectivity index (χ3v) is 2.63. The van der Waals surface area contributed by atoms with E-state index >= 15 is 0 Å². The molecule has 1 atom stereocenters. The van der Waals surface area contributed by atoms with Crippen molar-refractivity contribution in [3.8, 4) is 0 Å². The molecule has 0 aliphatic carbocycles. The van der Waals surface area contributed by atoms with Gasteiger partial charge >= 0.3 is 0 Å². The predicted molar refractivity (Wildman–Crippen MR) is 70.8 cm³/mol. The standard InChI is InChI=1S/C12H16N4O3/c1-2-9(10(13)16-19)12(18)15-8-5-3-7(4-6-8)11(14)17/h3-6,9,19H,2H2,1H3,(H2,13,16)(H2,14,17)(H,15,18). The Morgan fingerprint density at radius 1 is 1.32 bits per heavy atom. The van der Waals surface area contributed by atoms with Gasteiger partial charge in [0.05, 0.1) is 5.92 Å². The van der Waals surface area contributed by atoms with Crippen LogP contribution in [0.5, 0.6) is 0 Å². The smallest absolute Gasteiger partial charge is 0.248 e. The van der Waals surface area contributed by atoms with Crippen LogP contribution in [0, 0.1) is 5.92 Å². The largest absolute Gasteiger partial charge is 0.409 e. The number of hydrogen-bond donors (Lipinski definition) is 4. The van der Waals surface area contributed by atoms with Crippen LogP contribution >= 0.6 is 0 Å². The molecule has 102 valence electrons. The summed E-state index contributed by atoms with van der Waals surface area (Å²) in [5, 5.41) is 14.0. The van der Waals surface area contributed by atoms with E-state index in [0.717, 1.165) is 0 Å². The SMILES string of the molecule is CCC(C(=O)Nc1ccc(C(N)=O)cc1)C(N)=NO. The molecule has 0 bridgehead atoms. The number of nitrogens with one attached hydrogen (secondary N) is 1. The fourth-order valence-electron chi connectivity index (χ4n) is 1.55. The first-order chi connectivity index (χ1) is 8.99. The molecule has 1 unspecified atom stereocenters. The van der Waals surface area contributed by atoms with Gasteiger partial charge in [-0.1, -0.05) is 12.1 Å². The molecule has 0 heterocycles. The molecule has 0 saturated heterocycles. The van der Waals surface area contributed by atoms with E-state index in [1.165, 1.54) is 12.1 Å². The highest BCUT2D eigenvalue weighted by atomic mass is 16.4. The summed E-state index contributed by atoms with van der Waals surface area (Å²) in [6, 6.07) is 6.11. The molecule has 0 aliphatic heterocycles. The van der Waals surface area contributed by atoms with E-state index in [1.807, 2.05) is 0 Å². The van der Waals surface area contributed by atoms with Crippen LogP contribution in [0.4, 0.5) is 5.69 Å². The van der Waals surface area contributed by atoms with E-state index < -0.39 is 11.8 Å². The molecule has 1 aromatic rings. The van der Waals surface area contributed by atoms with Crippen molar-refractivity contribution in [2.45, 2.75) is 13.3 Å². The molecule has 6 N–H and O–H groups in total. The van der Waals surface area contributed by atoms with Gasteiger partial charge in [-0.15, -0.1) is 0 Å². The summed E-state index contributed by atoms with van der Waals surface area (Å²) in [6.45, 7) is 1.75. The second-order valence-corrected chi connectivity index (χ2v) is 3.92. The summed E-state index contributed by atoms with van der Waals surface area (Å²) < 4.78 is 0. The average Bonchev–Trinajstić information content (AvgIpc) is 2.39. The number of nitrogens with zero attached hydrogens (tertiary/aromatic N) is 1. The van der Waals surface area contributed by atoms with E-state index in [9.17, 15) is 9.59 Å². The minimum Gasteiger partial charge on any atom is -0.409 e. The number of primary amides is 1. The first-order valence-corrected chi connectivity index (χ1v) is 5.67. The minimum absolute atomic E-state index is 0.145. The zero-order valence-corrected chi connectivity index (χ0v) is 10.5. The maximum absolute atomic E-state index is 11.9. The Morgan fingerprint density at radius 2 is 1.89 bits per heavy atom. The van der Waals surface area contributed by atoms with Crippen molar-refractivity contribution in [3.63, 3.8) is 0 Å².